The lowest BCUT2D eigenvalue weighted by Gasteiger charge is -2.11. The van der Waals surface area contributed by atoms with Crippen LogP contribution in [0.3, 0.4) is 0 Å². The molecule has 0 aliphatic carbocycles. The Labute approximate surface area is 172 Å². The van der Waals surface area contributed by atoms with Gasteiger partial charge in [0.25, 0.3) is 0 Å². The van der Waals surface area contributed by atoms with E-state index in [4.69, 9.17) is 0 Å². The molecule has 3 rings (SSSR count). The Kier molecular flexibility index (Phi) is 6.42. The van der Waals surface area contributed by atoms with Crippen molar-refractivity contribution in [3.05, 3.63) is 64.7 Å². The summed E-state index contributed by atoms with van der Waals surface area (Å²) >= 11 is 0. The van der Waals surface area contributed by atoms with Gasteiger partial charge in [0.05, 0.1) is 16.8 Å². The number of benzene rings is 2. The van der Waals surface area contributed by atoms with E-state index in [1.807, 2.05) is 32.0 Å². The summed E-state index contributed by atoms with van der Waals surface area (Å²) in [4.78, 5) is 16.4. The number of carbonyl (C=O) groups is 1. The van der Waals surface area contributed by atoms with Crippen molar-refractivity contribution >= 4 is 28.4 Å². The number of urea groups is 1. The predicted molar refractivity (Wildman–Crippen MR) is 112 cm³/mol. The number of aryl methyl sites for hydroxylation is 2. The van der Waals surface area contributed by atoms with Crippen molar-refractivity contribution < 1.29 is 13.6 Å². The summed E-state index contributed by atoms with van der Waals surface area (Å²) in [5.41, 5.74) is 3.32. The van der Waals surface area contributed by atoms with Crippen LogP contribution in [0.4, 0.5) is 25.1 Å². The Balaban J connectivity index is 1.53. The normalized spacial score (nSPS) is 10.5. The van der Waals surface area contributed by atoms with Gasteiger partial charge in [0.1, 0.15) is 23.5 Å². The minimum Gasteiger partial charge on any atom is -0.369 e. The summed E-state index contributed by atoms with van der Waals surface area (Å²) < 4.78 is 26.4. The minimum atomic E-state index is -0.844. The molecule has 3 N–H and O–H groups in total. The molecule has 30 heavy (non-hydrogen) atoms. The lowest BCUT2D eigenvalue weighted by atomic mass is 10.0. The zero-order valence-electron chi connectivity index (χ0n) is 16.6. The number of anilines is 2. The number of halogens is 2. The molecule has 0 fully saturated rings. The predicted octanol–water partition coefficient (Wildman–Crippen LogP) is 4.63. The zero-order chi connectivity index (χ0) is 21.7. The van der Waals surface area contributed by atoms with Gasteiger partial charge in [-0.3, -0.25) is 0 Å². The van der Waals surface area contributed by atoms with E-state index in [0.29, 0.717) is 37.0 Å². The van der Waals surface area contributed by atoms with Crippen LogP contribution in [0.5, 0.6) is 0 Å². The van der Waals surface area contributed by atoms with Crippen LogP contribution in [-0.4, -0.2) is 24.1 Å². The van der Waals surface area contributed by atoms with E-state index in [-0.39, 0.29) is 5.69 Å². The van der Waals surface area contributed by atoms with Crippen molar-refractivity contribution in [3.8, 4) is 6.07 Å². The highest BCUT2D eigenvalue weighted by atomic mass is 19.1. The number of nitrogens with one attached hydrogen (secondary N) is 3. The molecule has 0 saturated carbocycles. The van der Waals surface area contributed by atoms with Crippen LogP contribution in [0.25, 0.3) is 10.9 Å². The third-order valence-electron chi connectivity index (χ3n) is 4.52. The lowest BCUT2D eigenvalue weighted by molar-refractivity contribution is 0.252. The van der Waals surface area contributed by atoms with Crippen LogP contribution in [0, 0.1) is 36.8 Å². The molecular weight excluding hydrogens is 388 g/mol. The number of amides is 2. The molecule has 0 saturated heterocycles. The van der Waals surface area contributed by atoms with E-state index < -0.39 is 17.7 Å². The van der Waals surface area contributed by atoms with Gasteiger partial charge in [0.15, 0.2) is 0 Å². The summed E-state index contributed by atoms with van der Waals surface area (Å²) in [5.74, 6) is -1.06. The Morgan fingerprint density at radius 2 is 1.93 bits per heavy atom. The number of aromatic nitrogens is 1. The number of nitrogens with zero attached hydrogens (tertiary/aromatic N) is 2. The van der Waals surface area contributed by atoms with E-state index in [1.54, 1.807) is 0 Å². The van der Waals surface area contributed by atoms with Gasteiger partial charge in [0.2, 0.25) is 0 Å². The lowest BCUT2D eigenvalue weighted by Crippen LogP contribution is -2.30. The average Bonchev–Trinajstić information content (AvgIpc) is 2.69. The molecule has 0 bridgehead atoms. The number of hydrogen-bond acceptors (Lipinski definition) is 4. The first kappa shape index (κ1) is 21.0. The van der Waals surface area contributed by atoms with Crippen molar-refractivity contribution in [1.29, 1.82) is 5.26 Å². The molecular formula is C22H21F2N5O. The molecule has 3 aromatic rings. The number of rotatable bonds is 6. The third-order valence-corrected chi connectivity index (χ3v) is 4.52. The van der Waals surface area contributed by atoms with Crippen LogP contribution in [0.1, 0.15) is 23.1 Å². The number of carbonyl (C=O) groups excluding carboxylic acids is 1. The monoisotopic (exact) mass is 409 g/mol. The van der Waals surface area contributed by atoms with Gasteiger partial charge in [0, 0.05) is 24.5 Å². The quantitative estimate of drug-likeness (QED) is 0.518. The Bertz CT molecular complexity index is 1140. The number of fused-ring (bicyclic) bond motifs is 1. The fourth-order valence-corrected chi connectivity index (χ4v) is 3.10. The van der Waals surface area contributed by atoms with Gasteiger partial charge in [-0.05, 0) is 55.7 Å². The van der Waals surface area contributed by atoms with Crippen LogP contribution >= 0.6 is 0 Å². The highest BCUT2D eigenvalue weighted by Gasteiger charge is 2.10. The van der Waals surface area contributed by atoms with E-state index in [0.717, 1.165) is 34.2 Å². The molecule has 0 unspecified atom stereocenters. The maximum atomic E-state index is 13.5. The fraction of sp³-hybridized carbons (Fsp3) is 0.227. The number of pyridine rings is 1. The van der Waals surface area contributed by atoms with Crippen molar-refractivity contribution in [2.75, 3.05) is 23.7 Å². The van der Waals surface area contributed by atoms with Gasteiger partial charge < -0.3 is 16.0 Å². The van der Waals surface area contributed by atoms with Crippen LogP contribution in [0.2, 0.25) is 0 Å². The van der Waals surface area contributed by atoms with Crippen LogP contribution < -0.4 is 16.0 Å². The van der Waals surface area contributed by atoms with Crippen molar-refractivity contribution in [2.45, 2.75) is 20.3 Å². The molecule has 0 aliphatic rings. The molecule has 154 valence electrons. The highest BCUT2D eigenvalue weighted by Crippen LogP contribution is 2.24. The van der Waals surface area contributed by atoms with Crippen molar-refractivity contribution in [3.63, 3.8) is 0 Å². The smallest absolute Gasteiger partial charge is 0.319 e. The summed E-state index contributed by atoms with van der Waals surface area (Å²) in [6.07, 6.45) is 0.552. The maximum Gasteiger partial charge on any atom is 0.319 e. The first-order valence-electron chi connectivity index (χ1n) is 9.43. The molecule has 2 amide bonds. The molecule has 2 aromatic carbocycles. The number of hydrogen-bond donors (Lipinski definition) is 3. The maximum absolute atomic E-state index is 13.5. The largest absolute Gasteiger partial charge is 0.369 e. The fourth-order valence-electron chi connectivity index (χ4n) is 3.10. The van der Waals surface area contributed by atoms with Crippen molar-refractivity contribution in [1.82, 2.24) is 10.3 Å². The summed E-state index contributed by atoms with van der Waals surface area (Å²) in [5, 5.41) is 18.4. The van der Waals surface area contributed by atoms with E-state index in [2.05, 4.69) is 27.0 Å². The molecule has 0 radical (unpaired) electrons. The van der Waals surface area contributed by atoms with Gasteiger partial charge in [-0.1, -0.05) is 6.07 Å². The Hall–Kier alpha value is -3.73. The first-order valence-corrected chi connectivity index (χ1v) is 9.43. The summed E-state index contributed by atoms with van der Waals surface area (Å²) in [6.45, 7) is 4.77. The number of nitriles is 1. The van der Waals surface area contributed by atoms with Gasteiger partial charge in [-0.2, -0.15) is 5.26 Å². The second-order valence-electron chi connectivity index (χ2n) is 6.93. The zero-order valence-corrected chi connectivity index (χ0v) is 16.6. The Morgan fingerprint density at radius 3 is 2.67 bits per heavy atom. The van der Waals surface area contributed by atoms with Gasteiger partial charge in [-0.15, -0.1) is 0 Å². The van der Waals surface area contributed by atoms with Crippen LogP contribution in [0.15, 0.2) is 36.4 Å². The highest BCUT2D eigenvalue weighted by molar-refractivity contribution is 5.89. The molecule has 1 aromatic heterocycles. The first-order chi connectivity index (χ1) is 14.4. The average molecular weight is 409 g/mol. The van der Waals surface area contributed by atoms with Crippen molar-refractivity contribution in [2.24, 2.45) is 0 Å². The van der Waals surface area contributed by atoms with Gasteiger partial charge in [-0.25, -0.2) is 18.6 Å². The second-order valence-corrected chi connectivity index (χ2v) is 6.93. The van der Waals surface area contributed by atoms with Gasteiger partial charge >= 0.3 is 6.03 Å². The SMILES string of the molecule is Cc1cc(C)c2cc(C#N)c(NCCCNC(=O)Nc3ccc(F)cc3F)nc2c1. The van der Waals surface area contributed by atoms with E-state index in [1.165, 1.54) is 0 Å². The van der Waals surface area contributed by atoms with E-state index in [9.17, 15) is 18.8 Å². The minimum absolute atomic E-state index is 0.100. The third kappa shape index (κ3) is 5.00. The molecule has 8 heteroatoms. The van der Waals surface area contributed by atoms with Crippen LogP contribution in [-0.2, 0) is 0 Å². The topological polar surface area (TPSA) is 89.8 Å². The molecule has 0 atom stereocenters. The standard InChI is InChI=1S/C22H21F2N5O/c1-13-8-14(2)17-10-15(12-25)21(28-20(17)9-13)26-6-3-7-27-22(30)29-19-5-4-16(23)11-18(19)24/h4-5,8-11H,3,6-7H2,1-2H3,(H,26,28)(H2,27,29,30). The second kappa shape index (κ2) is 9.18. The summed E-state index contributed by atoms with van der Waals surface area (Å²) in [7, 11) is 0. The summed E-state index contributed by atoms with van der Waals surface area (Å²) in [6, 6.07) is 10.3. The Morgan fingerprint density at radius 1 is 1.13 bits per heavy atom. The van der Waals surface area contributed by atoms with E-state index >= 15 is 0 Å². The molecule has 6 nitrogen and oxygen atoms in total. The molecule has 0 aliphatic heterocycles. The molecule has 1 heterocycles. The molecule has 0 spiro atoms.